The highest BCUT2D eigenvalue weighted by Crippen LogP contribution is 2.33. The van der Waals surface area contributed by atoms with Crippen LogP contribution in [0.25, 0.3) is 0 Å². The third-order valence-electron chi connectivity index (χ3n) is 7.65. The molecule has 4 aromatic rings. The zero-order valence-corrected chi connectivity index (χ0v) is 24.1. The topological polar surface area (TPSA) is 68.7 Å². The Morgan fingerprint density at radius 2 is 1.45 bits per heavy atom. The number of rotatable bonds is 10. The number of anilines is 1. The van der Waals surface area contributed by atoms with Crippen LogP contribution in [-0.2, 0) is 29.3 Å². The number of carbonyl (C=O) groups excluding carboxylic acids is 2. The van der Waals surface area contributed by atoms with Crippen molar-refractivity contribution in [2.75, 3.05) is 4.90 Å². The zero-order valence-electron chi connectivity index (χ0n) is 24.1. The predicted molar refractivity (Wildman–Crippen MR) is 160 cm³/mol. The van der Waals surface area contributed by atoms with Gasteiger partial charge in [-0.05, 0) is 47.7 Å². The number of pyridine rings is 1. The maximum absolute atomic E-state index is 13.8. The highest BCUT2D eigenvalue weighted by molar-refractivity contribution is 5.99. The summed E-state index contributed by atoms with van der Waals surface area (Å²) >= 11 is 0. The average molecular weight is 603 g/mol. The van der Waals surface area contributed by atoms with Crippen molar-refractivity contribution < 1.29 is 32.2 Å². The Kier molecular flexibility index (Phi) is 9.94. The molecule has 1 fully saturated rings. The molecule has 0 bridgehead atoms. The molecule has 0 spiro atoms. The summed E-state index contributed by atoms with van der Waals surface area (Å²) in [5, 5.41) is 0. The second-order valence-corrected chi connectivity index (χ2v) is 10.8. The van der Waals surface area contributed by atoms with Crippen molar-refractivity contribution in [3.8, 4) is 5.75 Å². The van der Waals surface area contributed by atoms with Gasteiger partial charge in [-0.1, -0.05) is 86.0 Å². The van der Waals surface area contributed by atoms with Crippen LogP contribution in [-0.4, -0.2) is 23.0 Å². The molecule has 44 heavy (non-hydrogen) atoms. The Balaban J connectivity index is 1.43. The predicted octanol–water partition coefficient (Wildman–Crippen LogP) is 8.16. The molecule has 6 nitrogen and oxygen atoms in total. The van der Waals surface area contributed by atoms with Crippen molar-refractivity contribution in [1.82, 2.24) is 4.98 Å². The van der Waals surface area contributed by atoms with Gasteiger partial charge in [0, 0.05) is 29.6 Å². The van der Waals surface area contributed by atoms with Crippen LogP contribution in [0.4, 0.5) is 18.9 Å². The monoisotopic (exact) mass is 602 g/mol. The molecule has 1 saturated carbocycles. The molecule has 0 aliphatic heterocycles. The minimum atomic E-state index is -5.13. The number of benzene rings is 3. The van der Waals surface area contributed by atoms with Gasteiger partial charge in [0.05, 0.1) is 6.54 Å². The number of hydrogen-bond acceptors (Lipinski definition) is 5. The summed E-state index contributed by atoms with van der Waals surface area (Å²) in [4.78, 5) is 31.0. The molecular weight excluding hydrogens is 569 g/mol. The van der Waals surface area contributed by atoms with Crippen molar-refractivity contribution in [3.05, 3.63) is 125 Å². The number of aromatic nitrogens is 1. The van der Waals surface area contributed by atoms with E-state index in [0.29, 0.717) is 16.4 Å². The van der Waals surface area contributed by atoms with Crippen LogP contribution in [0.2, 0.25) is 0 Å². The number of carbonyl (C=O) groups is 2. The average Bonchev–Trinajstić information content (AvgIpc) is 3.06. The first-order valence-electron chi connectivity index (χ1n) is 14.6. The highest BCUT2D eigenvalue weighted by atomic mass is 19.4. The van der Waals surface area contributed by atoms with Crippen molar-refractivity contribution in [2.45, 2.75) is 64.0 Å². The molecule has 3 aromatic carbocycles. The number of esters is 1. The van der Waals surface area contributed by atoms with E-state index in [2.05, 4.69) is 4.98 Å². The number of hydrogen-bond donors (Lipinski definition) is 0. The molecule has 1 aliphatic carbocycles. The Bertz CT molecular complexity index is 1540. The Hall–Kier alpha value is -4.66. The van der Waals surface area contributed by atoms with Crippen LogP contribution in [0.15, 0.2) is 97.2 Å². The maximum Gasteiger partial charge on any atom is 0.471 e. The molecule has 0 saturated heterocycles. The van der Waals surface area contributed by atoms with Crippen LogP contribution in [0.3, 0.4) is 0 Å². The fourth-order valence-electron chi connectivity index (χ4n) is 5.29. The second kappa shape index (κ2) is 14.2. The normalized spacial score (nSPS) is 13.7. The number of nitrogens with zero attached hydrogens (tertiary/aromatic N) is 2. The lowest BCUT2D eigenvalue weighted by atomic mass is 9.86. The lowest BCUT2D eigenvalue weighted by Crippen LogP contribution is -2.41. The number of alkyl halides is 3. The van der Waals surface area contributed by atoms with E-state index in [1.807, 2.05) is 54.6 Å². The fraction of sp³-hybridized carbons (Fsp3) is 0.286. The van der Waals surface area contributed by atoms with Crippen LogP contribution in [0.1, 0.15) is 70.8 Å². The van der Waals surface area contributed by atoms with Crippen molar-refractivity contribution >= 4 is 17.6 Å². The lowest BCUT2D eigenvalue weighted by Gasteiger charge is -2.25. The molecule has 0 atom stereocenters. The molecule has 1 amide bonds. The van der Waals surface area contributed by atoms with Gasteiger partial charge >= 0.3 is 18.1 Å². The van der Waals surface area contributed by atoms with Crippen LogP contribution < -0.4 is 9.64 Å². The van der Waals surface area contributed by atoms with Crippen LogP contribution in [0, 0.1) is 0 Å². The molecule has 1 aliphatic rings. The first-order chi connectivity index (χ1) is 21.3. The quantitative estimate of drug-likeness (QED) is 0.171. The first-order valence-corrected chi connectivity index (χ1v) is 14.6. The van der Waals surface area contributed by atoms with E-state index in [-0.39, 0.29) is 36.8 Å². The van der Waals surface area contributed by atoms with E-state index < -0.39 is 18.1 Å². The van der Waals surface area contributed by atoms with Gasteiger partial charge in [0.15, 0.2) is 0 Å². The molecule has 9 heteroatoms. The summed E-state index contributed by atoms with van der Waals surface area (Å²) in [5.41, 5.74) is 2.87. The van der Waals surface area contributed by atoms with Crippen LogP contribution >= 0.6 is 0 Å². The molecule has 0 unspecified atom stereocenters. The number of ether oxygens (including phenoxy) is 2. The van der Waals surface area contributed by atoms with Crippen molar-refractivity contribution in [1.29, 1.82) is 0 Å². The Morgan fingerprint density at radius 3 is 2.07 bits per heavy atom. The molecule has 228 valence electrons. The van der Waals surface area contributed by atoms with Gasteiger partial charge in [-0.3, -0.25) is 14.7 Å². The standard InChI is InChI=1S/C35H33F3N2O4/c36-35(37,38)34(42)40(22-27-16-19-31(39-21-27)28-14-8-3-9-15-28)29-17-18-30(33(41)44-24-26-12-6-2-7-13-26)32(20-29)43-23-25-10-4-1-5-11-25/h1-2,4-7,10-13,16-21,28H,3,8-9,14-15,22-24H2. The molecular formula is C35H33F3N2O4. The van der Waals surface area contributed by atoms with Gasteiger partial charge in [0.1, 0.15) is 24.5 Å². The summed E-state index contributed by atoms with van der Waals surface area (Å²) in [7, 11) is 0. The SMILES string of the molecule is O=C(OCc1ccccc1)c1ccc(N(Cc2ccc(C3CCCCC3)nc2)C(=O)C(F)(F)F)cc1OCc1ccccc1. The second-order valence-electron chi connectivity index (χ2n) is 10.8. The largest absolute Gasteiger partial charge is 0.488 e. The van der Waals surface area contributed by atoms with E-state index in [0.717, 1.165) is 42.5 Å². The number of halogens is 3. The van der Waals surface area contributed by atoms with E-state index in [1.54, 1.807) is 18.2 Å². The molecule has 0 radical (unpaired) electrons. The number of amides is 1. The van der Waals surface area contributed by atoms with Crippen molar-refractivity contribution in [3.63, 3.8) is 0 Å². The summed E-state index contributed by atoms with van der Waals surface area (Å²) in [6, 6.07) is 25.7. The fourth-order valence-corrected chi connectivity index (χ4v) is 5.29. The Morgan fingerprint density at radius 1 is 0.795 bits per heavy atom. The summed E-state index contributed by atoms with van der Waals surface area (Å²) in [6.45, 7) is -0.322. The molecule has 0 N–H and O–H groups in total. The van der Waals surface area contributed by atoms with E-state index in [1.165, 1.54) is 30.8 Å². The lowest BCUT2D eigenvalue weighted by molar-refractivity contribution is -0.170. The molecule has 5 rings (SSSR count). The van der Waals surface area contributed by atoms with Gasteiger partial charge < -0.3 is 9.47 Å². The minimum Gasteiger partial charge on any atom is -0.488 e. The van der Waals surface area contributed by atoms with E-state index >= 15 is 0 Å². The minimum absolute atomic E-state index is 0.00207. The van der Waals surface area contributed by atoms with Gasteiger partial charge in [0.2, 0.25) is 0 Å². The zero-order chi connectivity index (χ0) is 30.9. The van der Waals surface area contributed by atoms with E-state index in [4.69, 9.17) is 9.47 Å². The van der Waals surface area contributed by atoms with Gasteiger partial charge in [0.25, 0.3) is 0 Å². The summed E-state index contributed by atoms with van der Waals surface area (Å²) in [6.07, 6.45) is 1.94. The van der Waals surface area contributed by atoms with Crippen molar-refractivity contribution in [2.24, 2.45) is 0 Å². The summed E-state index contributed by atoms with van der Waals surface area (Å²) < 4.78 is 52.9. The Labute approximate surface area is 254 Å². The summed E-state index contributed by atoms with van der Waals surface area (Å²) in [5.74, 6) is -2.42. The van der Waals surface area contributed by atoms with Gasteiger partial charge in [-0.25, -0.2) is 4.79 Å². The first kappa shape index (κ1) is 30.8. The third-order valence-corrected chi connectivity index (χ3v) is 7.65. The maximum atomic E-state index is 13.8. The highest BCUT2D eigenvalue weighted by Gasteiger charge is 2.43. The third kappa shape index (κ3) is 8.03. The van der Waals surface area contributed by atoms with Gasteiger partial charge in [-0.2, -0.15) is 13.2 Å². The van der Waals surface area contributed by atoms with E-state index in [9.17, 15) is 22.8 Å². The smallest absolute Gasteiger partial charge is 0.471 e. The van der Waals surface area contributed by atoms with Crippen LogP contribution in [0.5, 0.6) is 5.75 Å². The molecule has 1 aromatic heterocycles. The van der Waals surface area contributed by atoms with Gasteiger partial charge in [-0.15, -0.1) is 0 Å². The molecule has 1 heterocycles.